The predicted molar refractivity (Wildman–Crippen MR) is 96.3 cm³/mol. The number of unbranched alkanes of at least 4 members (excludes halogenated alkanes) is 1. The Labute approximate surface area is 144 Å². The Morgan fingerprint density at radius 2 is 1.96 bits per heavy atom. The molecule has 0 saturated heterocycles. The van der Waals surface area contributed by atoms with E-state index in [0.29, 0.717) is 18.0 Å². The Hall–Kier alpha value is -2.08. The third kappa shape index (κ3) is 7.00. The van der Waals surface area contributed by atoms with Gasteiger partial charge in [0, 0.05) is 24.8 Å². The minimum Gasteiger partial charge on any atom is -0.497 e. The van der Waals surface area contributed by atoms with E-state index in [0.717, 1.165) is 19.4 Å². The summed E-state index contributed by atoms with van der Waals surface area (Å²) in [7, 11) is 3.36. The van der Waals surface area contributed by atoms with Crippen LogP contribution in [0.4, 0.5) is 5.69 Å². The molecule has 0 spiro atoms. The highest BCUT2D eigenvalue weighted by Crippen LogP contribution is 2.16. The number of methoxy groups -OCH3 is 1. The van der Waals surface area contributed by atoms with Crippen LogP contribution >= 0.6 is 0 Å². The van der Waals surface area contributed by atoms with Crippen molar-refractivity contribution in [2.75, 3.05) is 45.7 Å². The first kappa shape index (κ1) is 20.0. The minimum absolute atomic E-state index is 0.0580. The lowest BCUT2D eigenvalue weighted by molar-refractivity contribution is -0.132. The van der Waals surface area contributed by atoms with E-state index in [9.17, 15) is 9.59 Å². The molecule has 0 aliphatic rings. The lowest BCUT2D eigenvalue weighted by Gasteiger charge is -2.24. The van der Waals surface area contributed by atoms with Gasteiger partial charge in [-0.3, -0.25) is 14.5 Å². The van der Waals surface area contributed by atoms with Crippen molar-refractivity contribution in [1.82, 2.24) is 9.80 Å². The predicted octanol–water partition coefficient (Wildman–Crippen LogP) is 2.21. The molecular weight excluding hydrogens is 306 g/mol. The molecule has 0 aliphatic carbocycles. The molecule has 2 amide bonds. The van der Waals surface area contributed by atoms with Crippen LogP contribution in [0, 0.1) is 0 Å². The number of rotatable bonds is 10. The average Bonchev–Trinajstić information content (AvgIpc) is 2.55. The summed E-state index contributed by atoms with van der Waals surface area (Å²) in [5.41, 5.74) is 0.678. The number of carbonyl (C=O) groups excluding carboxylic acids is 2. The third-order valence-corrected chi connectivity index (χ3v) is 3.69. The molecule has 0 radical (unpaired) electrons. The normalized spacial score (nSPS) is 10.5. The number of nitrogens with one attached hydrogen (secondary N) is 1. The van der Waals surface area contributed by atoms with E-state index < -0.39 is 0 Å². The third-order valence-electron chi connectivity index (χ3n) is 3.69. The minimum atomic E-state index is -0.157. The van der Waals surface area contributed by atoms with Crippen LogP contribution in [0.3, 0.4) is 0 Å². The maximum Gasteiger partial charge on any atom is 0.238 e. The zero-order valence-electron chi connectivity index (χ0n) is 15.2. The Morgan fingerprint density at radius 3 is 2.58 bits per heavy atom. The first-order valence-electron chi connectivity index (χ1n) is 8.40. The topological polar surface area (TPSA) is 61.9 Å². The van der Waals surface area contributed by atoms with Crippen LogP contribution in [-0.2, 0) is 9.59 Å². The lowest BCUT2D eigenvalue weighted by atomic mass is 10.3. The molecule has 134 valence electrons. The van der Waals surface area contributed by atoms with Crippen LogP contribution in [0.5, 0.6) is 5.75 Å². The van der Waals surface area contributed by atoms with Crippen LogP contribution in [-0.4, -0.2) is 62.0 Å². The number of hydrogen-bond acceptors (Lipinski definition) is 4. The van der Waals surface area contributed by atoms with E-state index in [1.807, 2.05) is 24.0 Å². The van der Waals surface area contributed by atoms with Gasteiger partial charge in [-0.25, -0.2) is 0 Å². The number of amides is 2. The number of benzene rings is 1. The van der Waals surface area contributed by atoms with Crippen molar-refractivity contribution in [1.29, 1.82) is 0 Å². The summed E-state index contributed by atoms with van der Waals surface area (Å²) in [5, 5.41) is 2.81. The first-order valence-corrected chi connectivity index (χ1v) is 8.40. The zero-order chi connectivity index (χ0) is 17.9. The van der Waals surface area contributed by atoms with Gasteiger partial charge in [0.2, 0.25) is 11.8 Å². The molecule has 0 fully saturated rings. The van der Waals surface area contributed by atoms with Gasteiger partial charge in [0.25, 0.3) is 0 Å². The summed E-state index contributed by atoms with van der Waals surface area (Å²) in [4.78, 5) is 27.9. The second kappa shape index (κ2) is 10.6. The number of likely N-dealkylation sites (N-methyl/N-ethyl adjacent to an activating group) is 2. The van der Waals surface area contributed by atoms with Gasteiger partial charge in [0.1, 0.15) is 5.75 Å². The zero-order valence-corrected chi connectivity index (χ0v) is 15.2. The maximum atomic E-state index is 12.2. The summed E-state index contributed by atoms with van der Waals surface area (Å²) in [5.74, 6) is 0.587. The number of nitrogens with zero attached hydrogens (tertiary/aromatic N) is 2. The monoisotopic (exact) mass is 335 g/mol. The highest BCUT2D eigenvalue weighted by atomic mass is 16.5. The van der Waals surface area contributed by atoms with Crippen molar-refractivity contribution >= 4 is 17.5 Å². The number of ether oxygens (including phenoxy) is 1. The fraction of sp³-hybridized carbons (Fsp3) is 0.556. The molecule has 0 atom stereocenters. The fourth-order valence-corrected chi connectivity index (χ4v) is 2.34. The highest BCUT2D eigenvalue weighted by molar-refractivity contribution is 5.92. The molecule has 0 bridgehead atoms. The van der Waals surface area contributed by atoms with Gasteiger partial charge in [-0.2, -0.15) is 0 Å². The van der Waals surface area contributed by atoms with E-state index in [1.54, 1.807) is 31.2 Å². The SMILES string of the molecule is CCCCN(CC)C(=O)CN(C)CC(=O)Nc1cccc(OC)c1. The van der Waals surface area contributed by atoms with E-state index >= 15 is 0 Å². The van der Waals surface area contributed by atoms with Gasteiger partial charge in [-0.05, 0) is 32.5 Å². The van der Waals surface area contributed by atoms with E-state index in [-0.39, 0.29) is 24.9 Å². The molecule has 6 heteroatoms. The van der Waals surface area contributed by atoms with Crippen LogP contribution in [0.25, 0.3) is 0 Å². The Balaban J connectivity index is 2.46. The first-order chi connectivity index (χ1) is 11.5. The Bertz CT molecular complexity index is 534. The van der Waals surface area contributed by atoms with Crippen molar-refractivity contribution in [2.45, 2.75) is 26.7 Å². The van der Waals surface area contributed by atoms with Crippen LogP contribution < -0.4 is 10.1 Å². The van der Waals surface area contributed by atoms with Crippen molar-refractivity contribution in [2.24, 2.45) is 0 Å². The molecule has 1 N–H and O–H groups in total. The second-order valence-electron chi connectivity index (χ2n) is 5.78. The maximum absolute atomic E-state index is 12.2. The lowest BCUT2D eigenvalue weighted by Crippen LogP contribution is -2.41. The van der Waals surface area contributed by atoms with Crippen molar-refractivity contribution < 1.29 is 14.3 Å². The van der Waals surface area contributed by atoms with Crippen LogP contribution in [0.1, 0.15) is 26.7 Å². The molecule has 1 rings (SSSR count). The van der Waals surface area contributed by atoms with E-state index in [2.05, 4.69) is 12.2 Å². The summed E-state index contributed by atoms with van der Waals surface area (Å²) in [6.07, 6.45) is 2.06. The second-order valence-corrected chi connectivity index (χ2v) is 5.78. The summed E-state index contributed by atoms with van der Waals surface area (Å²) in [6.45, 7) is 5.95. The molecule has 0 heterocycles. The van der Waals surface area contributed by atoms with Gasteiger partial charge in [-0.1, -0.05) is 19.4 Å². The van der Waals surface area contributed by atoms with Gasteiger partial charge in [0.05, 0.1) is 20.2 Å². The van der Waals surface area contributed by atoms with Crippen molar-refractivity contribution in [3.05, 3.63) is 24.3 Å². The largest absolute Gasteiger partial charge is 0.497 e. The molecule has 1 aromatic carbocycles. The molecule has 0 aromatic heterocycles. The summed E-state index contributed by atoms with van der Waals surface area (Å²) >= 11 is 0. The Kier molecular flexibility index (Phi) is 8.86. The smallest absolute Gasteiger partial charge is 0.238 e. The fourth-order valence-electron chi connectivity index (χ4n) is 2.34. The molecule has 0 aliphatic heterocycles. The highest BCUT2D eigenvalue weighted by Gasteiger charge is 2.15. The summed E-state index contributed by atoms with van der Waals surface area (Å²) in [6, 6.07) is 7.19. The van der Waals surface area contributed by atoms with Crippen molar-refractivity contribution in [3.8, 4) is 5.75 Å². The van der Waals surface area contributed by atoms with Gasteiger partial charge >= 0.3 is 0 Å². The molecule has 24 heavy (non-hydrogen) atoms. The molecule has 0 saturated carbocycles. The Morgan fingerprint density at radius 1 is 1.21 bits per heavy atom. The summed E-state index contributed by atoms with van der Waals surface area (Å²) < 4.78 is 5.13. The standard InChI is InChI=1S/C18H29N3O3/c1-5-7-11-21(6-2)18(23)14-20(3)13-17(22)19-15-9-8-10-16(12-15)24-4/h8-10,12H,5-7,11,13-14H2,1-4H3,(H,19,22). The van der Waals surface area contributed by atoms with Gasteiger partial charge in [0.15, 0.2) is 0 Å². The molecule has 1 aromatic rings. The number of carbonyl (C=O) groups is 2. The van der Waals surface area contributed by atoms with Gasteiger partial charge in [-0.15, -0.1) is 0 Å². The van der Waals surface area contributed by atoms with E-state index in [1.165, 1.54) is 0 Å². The van der Waals surface area contributed by atoms with Crippen LogP contribution in [0.15, 0.2) is 24.3 Å². The number of hydrogen-bond donors (Lipinski definition) is 1. The average molecular weight is 335 g/mol. The van der Waals surface area contributed by atoms with E-state index in [4.69, 9.17) is 4.74 Å². The molecule has 6 nitrogen and oxygen atoms in total. The molecule has 0 unspecified atom stereocenters. The quantitative estimate of drug-likeness (QED) is 0.712. The van der Waals surface area contributed by atoms with Crippen molar-refractivity contribution in [3.63, 3.8) is 0 Å². The number of anilines is 1. The van der Waals surface area contributed by atoms with Gasteiger partial charge < -0.3 is 15.0 Å². The van der Waals surface area contributed by atoms with Crippen LogP contribution in [0.2, 0.25) is 0 Å². The molecular formula is C18H29N3O3.